The van der Waals surface area contributed by atoms with Crippen molar-refractivity contribution < 1.29 is 18.7 Å². The molecule has 1 aromatic heterocycles. The van der Waals surface area contributed by atoms with Crippen molar-refractivity contribution in [3.63, 3.8) is 0 Å². The Hall–Kier alpha value is -1.76. The number of alkyl halides is 2. The number of aromatic nitrogens is 1. The molecule has 7 heteroatoms. The summed E-state index contributed by atoms with van der Waals surface area (Å²) in [6.45, 7) is -0.264. The highest BCUT2D eigenvalue weighted by molar-refractivity contribution is 5.91. The molecule has 0 saturated carbocycles. The normalized spacial score (nSPS) is 10.7. The number of carboxylic acid groups (broad SMARTS) is 1. The third-order valence-corrected chi connectivity index (χ3v) is 1.80. The number of halogens is 2. The molecule has 0 radical (unpaired) electrons. The highest BCUT2D eigenvalue weighted by atomic mass is 19.3. The average molecular weight is 217 g/mol. The van der Waals surface area contributed by atoms with Crippen LogP contribution in [-0.2, 0) is 6.54 Å². The molecular weight excluding hydrogens is 208 g/mol. The van der Waals surface area contributed by atoms with Gasteiger partial charge in [-0.25, -0.2) is 18.6 Å². The van der Waals surface area contributed by atoms with Gasteiger partial charge in [0, 0.05) is 12.1 Å². The zero-order chi connectivity index (χ0) is 11.6. The van der Waals surface area contributed by atoms with Gasteiger partial charge in [0.25, 0.3) is 6.43 Å². The number of carboxylic acids is 1. The Morgan fingerprint density at radius 2 is 2.20 bits per heavy atom. The predicted molar refractivity (Wildman–Crippen MR) is 48.5 cm³/mol. The third kappa shape index (κ3) is 2.18. The van der Waals surface area contributed by atoms with Gasteiger partial charge in [0.05, 0.1) is 11.4 Å². The van der Waals surface area contributed by atoms with Crippen molar-refractivity contribution in [3.05, 3.63) is 23.0 Å². The highest BCUT2D eigenvalue weighted by Gasteiger charge is 2.19. The number of nitrogens with two attached hydrogens (primary N) is 2. The van der Waals surface area contributed by atoms with Crippen LogP contribution in [0.3, 0.4) is 0 Å². The molecule has 0 aliphatic heterocycles. The Bertz CT molecular complexity index is 396. The van der Waals surface area contributed by atoms with Gasteiger partial charge in [0.2, 0.25) is 0 Å². The molecule has 82 valence electrons. The fraction of sp³-hybridized carbons (Fsp3) is 0.250. The Kier molecular flexibility index (Phi) is 3.15. The van der Waals surface area contributed by atoms with E-state index in [0.717, 1.165) is 6.07 Å². The maximum Gasteiger partial charge on any atom is 0.356 e. The van der Waals surface area contributed by atoms with Gasteiger partial charge in [-0.05, 0) is 6.07 Å². The molecule has 0 spiro atoms. The standard InChI is InChI=1S/C8H9F2N3O2/c9-7(10)3-1-4(12)6(8(14)15)13-5(3)2-11/h1,7H,2,11-12H2,(H,14,15). The minimum atomic E-state index is -2.78. The van der Waals surface area contributed by atoms with Gasteiger partial charge in [-0.1, -0.05) is 0 Å². The zero-order valence-electron chi connectivity index (χ0n) is 7.58. The van der Waals surface area contributed by atoms with Crippen molar-refractivity contribution in [2.24, 2.45) is 5.73 Å². The van der Waals surface area contributed by atoms with Gasteiger partial charge >= 0.3 is 5.97 Å². The molecule has 1 aromatic rings. The second kappa shape index (κ2) is 4.18. The summed E-state index contributed by atoms with van der Waals surface area (Å²) in [7, 11) is 0. The third-order valence-electron chi connectivity index (χ3n) is 1.80. The maximum absolute atomic E-state index is 12.4. The second-order valence-electron chi connectivity index (χ2n) is 2.77. The lowest BCUT2D eigenvalue weighted by Crippen LogP contribution is -2.13. The van der Waals surface area contributed by atoms with Crippen molar-refractivity contribution in [1.29, 1.82) is 0 Å². The number of anilines is 1. The van der Waals surface area contributed by atoms with E-state index in [1.54, 1.807) is 0 Å². The molecule has 0 amide bonds. The van der Waals surface area contributed by atoms with Crippen LogP contribution in [0.15, 0.2) is 6.07 Å². The predicted octanol–water partition coefficient (Wildman–Crippen LogP) is 0.758. The van der Waals surface area contributed by atoms with Crippen LogP contribution < -0.4 is 11.5 Å². The van der Waals surface area contributed by atoms with Gasteiger partial charge in [0.15, 0.2) is 5.69 Å². The van der Waals surface area contributed by atoms with E-state index in [1.807, 2.05) is 0 Å². The fourth-order valence-corrected chi connectivity index (χ4v) is 1.11. The van der Waals surface area contributed by atoms with Gasteiger partial charge in [-0.3, -0.25) is 0 Å². The monoisotopic (exact) mass is 217 g/mol. The number of aromatic carboxylic acids is 1. The molecule has 0 bridgehead atoms. The summed E-state index contributed by atoms with van der Waals surface area (Å²) >= 11 is 0. The Balaban J connectivity index is 3.35. The summed E-state index contributed by atoms with van der Waals surface area (Å²) in [4.78, 5) is 14.1. The summed E-state index contributed by atoms with van der Waals surface area (Å²) in [5.74, 6) is -1.37. The highest BCUT2D eigenvalue weighted by Crippen LogP contribution is 2.25. The van der Waals surface area contributed by atoms with Crippen molar-refractivity contribution in [2.75, 3.05) is 5.73 Å². The van der Waals surface area contributed by atoms with E-state index in [1.165, 1.54) is 0 Å². The molecule has 5 nitrogen and oxygen atoms in total. The molecule has 0 unspecified atom stereocenters. The van der Waals surface area contributed by atoms with Gasteiger partial charge in [-0.15, -0.1) is 0 Å². The SMILES string of the molecule is NCc1nc(C(=O)O)c(N)cc1C(F)F. The lowest BCUT2D eigenvalue weighted by molar-refractivity contribution is 0.0690. The van der Waals surface area contributed by atoms with Crippen LogP contribution in [0.4, 0.5) is 14.5 Å². The van der Waals surface area contributed by atoms with Crippen LogP contribution in [-0.4, -0.2) is 16.1 Å². The minimum Gasteiger partial charge on any atom is -0.476 e. The summed E-state index contributed by atoms with van der Waals surface area (Å²) in [5, 5.41) is 8.64. The van der Waals surface area contributed by atoms with Gasteiger partial charge in [-0.2, -0.15) is 0 Å². The zero-order valence-corrected chi connectivity index (χ0v) is 7.58. The lowest BCUT2D eigenvalue weighted by atomic mass is 10.1. The molecule has 0 aromatic carbocycles. The average Bonchev–Trinajstić information content (AvgIpc) is 2.16. The molecule has 0 aliphatic carbocycles. The van der Waals surface area contributed by atoms with E-state index in [0.29, 0.717) is 0 Å². The maximum atomic E-state index is 12.4. The molecule has 0 saturated heterocycles. The van der Waals surface area contributed by atoms with E-state index < -0.39 is 23.7 Å². The molecule has 0 aliphatic rings. The summed E-state index contributed by atoms with van der Waals surface area (Å²) in [6, 6.07) is 0.892. The summed E-state index contributed by atoms with van der Waals surface area (Å²) < 4.78 is 24.9. The molecule has 1 rings (SSSR count). The number of pyridine rings is 1. The van der Waals surface area contributed by atoms with Crippen LogP contribution >= 0.6 is 0 Å². The Labute approximate surface area is 83.7 Å². The summed E-state index contributed by atoms with van der Waals surface area (Å²) in [6.07, 6.45) is -2.78. The van der Waals surface area contributed by atoms with Gasteiger partial charge in [0.1, 0.15) is 0 Å². The lowest BCUT2D eigenvalue weighted by Gasteiger charge is -2.09. The molecule has 5 N–H and O–H groups in total. The summed E-state index contributed by atoms with van der Waals surface area (Å²) in [5.41, 5.74) is 9.10. The number of hydrogen-bond acceptors (Lipinski definition) is 4. The van der Waals surface area contributed by atoms with Crippen LogP contribution in [0.25, 0.3) is 0 Å². The number of nitrogen functional groups attached to an aromatic ring is 1. The molecule has 0 atom stereocenters. The first-order valence-corrected chi connectivity index (χ1v) is 3.98. The smallest absolute Gasteiger partial charge is 0.356 e. The first kappa shape index (κ1) is 11.3. The van der Waals surface area contributed by atoms with Gasteiger partial charge < -0.3 is 16.6 Å². The topological polar surface area (TPSA) is 102 Å². The molecule has 1 heterocycles. The number of rotatable bonds is 3. The van der Waals surface area contributed by atoms with Crippen molar-refractivity contribution in [2.45, 2.75) is 13.0 Å². The minimum absolute atomic E-state index is 0.156. The molecule has 15 heavy (non-hydrogen) atoms. The number of carbonyl (C=O) groups is 1. The fourth-order valence-electron chi connectivity index (χ4n) is 1.11. The second-order valence-corrected chi connectivity index (χ2v) is 2.77. The first-order valence-electron chi connectivity index (χ1n) is 3.98. The Morgan fingerprint density at radius 3 is 2.60 bits per heavy atom. The van der Waals surface area contributed by atoms with E-state index in [-0.39, 0.29) is 17.9 Å². The number of hydrogen-bond donors (Lipinski definition) is 3. The van der Waals surface area contributed by atoms with E-state index >= 15 is 0 Å². The largest absolute Gasteiger partial charge is 0.476 e. The van der Waals surface area contributed by atoms with Crippen molar-refractivity contribution in [3.8, 4) is 0 Å². The first-order chi connectivity index (χ1) is 6.97. The van der Waals surface area contributed by atoms with E-state index in [4.69, 9.17) is 16.6 Å². The quantitative estimate of drug-likeness (QED) is 0.693. The van der Waals surface area contributed by atoms with Crippen LogP contribution in [0.2, 0.25) is 0 Å². The number of nitrogens with zero attached hydrogens (tertiary/aromatic N) is 1. The van der Waals surface area contributed by atoms with E-state index in [2.05, 4.69) is 4.98 Å². The van der Waals surface area contributed by atoms with Crippen molar-refractivity contribution in [1.82, 2.24) is 4.98 Å². The van der Waals surface area contributed by atoms with Crippen LogP contribution in [0.5, 0.6) is 0 Å². The molecule has 0 fully saturated rings. The van der Waals surface area contributed by atoms with Crippen molar-refractivity contribution >= 4 is 11.7 Å². The van der Waals surface area contributed by atoms with Crippen LogP contribution in [0, 0.1) is 0 Å². The molecular formula is C8H9F2N3O2. The Morgan fingerprint density at radius 1 is 1.60 bits per heavy atom. The van der Waals surface area contributed by atoms with Crippen LogP contribution in [0.1, 0.15) is 28.2 Å². The van der Waals surface area contributed by atoms with E-state index in [9.17, 15) is 13.6 Å².